The number of alkyl halides is 1. The first-order chi connectivity index (χ1) is 19.4. The number of hydrogen-bond acceptors (Lipinski definition) is 5. The first-order valence-electron chi connectivity index (χ1n) is 12.9. The molecular weight excluding hydrogens is 550 g/mol. The SMILES string of the molecule is CCc1ccc2c(c1)c(-c1ccc[nH]c1=O)c(C(=O)NS(=O)(=O)c1cccc(N)c1)n2CC1=CCC(C)(F)C=C1F. The number of nitrogens with two attached hydrogens (primary N) is 1. The van der Waals surface area contributed by atoms with Crippen LogP contribution in [0.1, 0.15) is 36.3 Å². The van der Waals surface area contributed by atoms with E-state index < -0.39 is 33.0 Å². The number of benzene rings is 2. The van der Waals surface area contributed by atoms with E-state index >= 15 is 4.39 Å². The minimum Gasteiger partial charge on any atom is -0.399 e. The first kappa shape index (κ1) is 28.0. The number of H-pyrrole nitrogens is 1. The Morgan fingerprint density at radius 3 is 2.63 bits per heavy atom. The number of anilines is 1. The number of nitrogens with zero attached hydrogens (tertiary/aromatic N) is 1. The summed E-state index contributed by atoms with van der Waals surface area (Å²) >= 11 is 0. The Morgan fingerprint density at radius 2 is 1.95 bits per heavy atom. The highest BCUT2D eigenvalue weighted by Crippen LogP contribution is 2.37. The normalized spacial score (nSPS) is 17.3. The number of sulfonamides is 1. The molecule has 2 aromatic heterocycles. The lowest BCUT2D eigenvalue weighted by Crippen LogP contribution is -2.33. The van der Waals surface area contributed by atoms with Crippen LogP contribution in [0, 0.1) is 0 Å². The summed E-state index contributed by atoms with van der Waals surface area (Å²) in [6, 6.07) is 13.9. The van der Waals surface area contributed by atoms with E-state index in [4.69, 9.17) is 5.73 Å². The van der Waals surface area contributed by atoms with E-state index in [2.05, 4.69) is 9.71 Å². The van der Waals surface area contributed by atoms with Gasteiger partial charge in [-0.3, -0.25) is 9.59 Å². The number of aromatic nitrogens is 2. The third-order valence-corrected chi connectivity index (χ3v) is 8.37. The summed E-state index contributed by atoms with van der Waals surface area (Å²) in [6.07, 6.45) is 4.31. The number of nitrogen functional groups attached to an aromatic ring is 1. The lowest BCUT2D eigenvalue weighted by atomic mass is 9.94. The largest absolute Gasteiger partial charge is 0.399 e. The number of carbonyl (C=O) groups is 1. The molecule has 212 valence electrons. The maximum atomic E-state index is 15.1. The molecule has 4 aromatic rings. The maximum absolute atomic E-state index is 15.1. The Labute approximate surface area is 235 Å². The summed E-state index contributed by atoms with van der Waals surface area (Å²) in [6.45, 7) is 2.99. The van der Waals surface area contributed by atoms with Gasteiger partial charge in [0.1, 0.15) is 17.2 Å². The number of aromatic amines is 1. The summed E-state index contributed by atoms with van der Waals surface area (Å²) in [5.74, 6) is -1.82. The van der Waals surface area contributed by atoms with Crippen molar-refractivity contribution in [1.82, 2.24) is 14.3 Å². The fourth-order valence-electron chi connectivity index (χ4n) is 4.97. The monoisotopic (exact) mass is 578 g/mol. The van der Waals surface area contributed by atoms with Crippen LogP contribution in [-0.4, -0.2) is 29.5 Å². The van der Waals surface area contributed by atoms with Crippen LogP contribution >= 0.6 is 0 Å². The molecule has 0 spiro atoms. The van der Waals surface area contributed by atoms with Crippen molar-refractivity contribution >= 4 is 32.5 Å². The van der Waals surface area contributed by atoms with E-state index in [0.29, 0.717) is 17.3 Å². The topological polar surface area (TPSA) is 127 Å². The van der Waals surface area contributed by atoms with Crippen LogP contribution in [0.3, 0.4) is 0 Å². The Balaban J connectivity index is 1.76. The van der Waals surface area contributed by atoms with Crippen LogP contribution in [0.25, 0.3) is 22.0 Å². The van der Waals surface area contributed by atoms with Crippen LogP contribution in [0.15, 0.2) is 94.0 Å². The number of rotatable bonds is 7. The number of nitrogens with one attached hydrogen (secondary N) is 2. The Bertz CT molecular complexity index is 1920. The van der Waals surface area contributed by atoms with E-state index in [0.717, 1.165) is 11.6 Å². The molecule has 1 aliphatic carbocycles. The molecule has 1 unspecified atom stereocenters. The number of fused-ring (bicyclic) bond motifs is 1. The van der Waals surface area contributed by atoms with Crippen molar-refractivity contribution in [2.45, 2.75) is 43.8 Å². The van der Waals surface area contributed by atoms with Gasteiger partial charge in [-0.2, -0.15) is 0 Å². The van der Waals surface area contributed by atoms with Gasteiger partial charge in [-0.05, 0) is 67.4 Å². The molecule has 1 amide bonds. The highest BCUT2D eigenvalue weighted by Gasteiger charge is 2.31. The fourth-order valence-corrected chi connectivity index (χ4v) is 5.98. The molecular formula is C30H28F2N4O4S. The molecule has 0 radical (unpaired) electrons. The molecule has 8 nitrogen and oxygen atoms in total. The molecule has 0 saturated heterocycles. The summed E-state index contributed by atoms with van der Waals surface area (Å²) < 4.78 is 59.6. The van der Waals surface area contributed by atoms with Crippen molar-refractivity contribution < 1.29 is 22.0 Å². The van der Waals surface area contributed by atoms with E-state index in [1.54, 1.807) is 12.1 Å². The second-order valence-corrected chi connectivity index (χ2v) is 11.8. The highest BCUT2D eigenvalue weighted by atomic mass is 32.2. The Hall–Kier alpha value is -4.51. The quantitative estimate of drug-likeness (QED) is 0.261. The molecule has 0 bridgehead atoms. The van der Waals surface area contributed by atoms with Crippen molar-refractivity contribution in [1.29, 1.82) is 0 Å². The molecule has 2 aromatic carbocycles. The summed E-state index contributed by atoms with van der Waals surface area (Å²) in [5, 5.41) is 0.503. The summed E-state index contributed by atoms with van der Waals surface area (Å²) in [5.41, 5.74) is 5.22. The van der Waals surface area contributed by atoms with Gasteiger partial charge in [-0.1, -0.05) is 25.1 Å². The van der Waals surface area contributed by atoms with E-state index in [1.165, 1.54) is 54.1 Å². The number of aryl methyl sites for hydroxylation is 1. The molecule has 2 heterocycles. The molecule has 5 rings (SSSR count). The highest BCUT2D eigenvalue weighted by molar-refractivity contribution is 7.90. The smallest absolute Gasteiger partial charge is 0.282 e. The van der Waals surface area contributed by atoms with Crippen molar-refractivity contribution in [3.63, 3.8) is 0 Å². The van der Waals surface area contributed by atoms with Gasteiger partial charge < -0.3 is 15.3 Å². The molecule has 11 heteroatoms. The van der Waals surface area contributed by atoms with Crippen LogP contribution < -0.4 is 16.0 Å². The van der Waals surface area contributed by atoms with Crippen LogP contribution in [0.4, 0.5) is 14.5 Å². The lowest BCUT2D eigenvalue weighted by molar-refractivity contribution is 0.0973. The van der Waals surface area contributed by atoms with Gasteiger partial charge in [0.25, 0.3) is 21.5 Å². The molecule has 41 heavy (non-hydrogen) atoms. The molecule has 0 fully saturated rings. The molecule has 4 N–H and O–H groups in total. The summed E-state index contributed by atoms with van der Waals surface area (Å²) in [4.78, 5) is 29.3. The van der Waals surface area contributed by atoms with Gasteiger partial charge in [0.15, 0.2) is 0 Å². The van der Waals surface area contributed by atoms with E-state index in [9.17, 15) is 22.4 Å². The molecule has 0 aliphatic heterocycles. The van der Waals surface area contributed by atoms with E-state index in [1.807, 2.05) is 19.1 Å². The molecule has 0 saturated carbocycles. The van der Waals surface area contributed by atoms with Gasteiger partial charge in [0.2, 0.25) is 0 Å². The Morgan fingerprint density at radius 1 is 1.17 bits per heavy atom. The van der Waals surface area contributed by atoms with Crippen LogP contribution in [0.5, 0.6) is 0 Å². The van der Waals surface area contributed by atoms with Gasteiger partial charge in [-0.25, -0.2) is 21.9 Å². The minimum atomic E-state index is -4.39. The fraction of sp³-hybridized carbons (Fsp3) is 0.200. The number of pyridine rings is 1. The number of allylic oxidation sites excluding steroid dienone is 4. The predicted octanol–water partition coefficient (Wildman–Crippen LogP) is 5.17. The van der Waals surface area contributed by atoms with Crippen molar-refractivity contribution in [3.8, 4) is 11.1 Å². The standard InChI is InChI=1S/C30H28F2N4O4S/c1-3-18-9-10-25-23(14-18)26(22-8-5-13-34-28(22)37)27(36(25)17-19-11-12-30(2,32)16-24(19)31)29(38)35-41(39,40)21-7-4-6-20(33)15-21/h4-11,13-16H,3,12,17,33H2,1-2H3,(H,34,37)(H,35,38). The van der Waals surface area contributed by atoms with Crippen molar-refractivity contribution in [2.75, 3.05) is 5.73 Å². The Kier molecular flexibility index (Phi) is 7.16. The first-order valence-corrected chi connectivity index (χ1v) is 14.4. The van der Waals surface area contributed by atoms with Gasteiger partial charge in [0.05, 0.1) is 11.4 Å². The van der Waals surface area contributed by atoms with Crippen molar-refractivity contribution in [2.24, 2.45) is 0 Å². The van der Waals surface area contributed by atoms with Crippen LogP contribution in [-0.2, 0) is 23.0 Å². The third kappa shape index (κ3) is 5.45. The second-order valence-electron chi connectivity index (χ2n) is 10.1. The average molecular weight is 579 g/mol. The number of carbonyl (C=O) groups excluding carboxylic acids is 1. The van der Waals surface area contributed by atoms with Crippen LogP contribution in [0.2, 0.25) is 0 Å². The number of halogens is 2. The third-order valence-electron chi connectivity index (χ3n) is 7.04. The zero-order valence-electron chi connectivity index (χ0n) is 22.4. The predicted molar refractivity (Wildman–Crippen MR) is 154 cm³/mol. The minimum absolute atomic E-state index is 0.0779. The van der Waals surface area contributed by atoms with Gasteiger partial charge in [-0.15, -0.1) is 0 Å². The van der Waals surface area contributed by atoms with Gasteiger partial charge in [0, 0.05) is 45.9 Å². The van der Waals surface area contributed by atoms with E-state index in [-0.39, 0.29) is 45.9 Å². The summed E-state index contributed by atoms with van der Waals surface area (Å²) in [7, 11) is -4.39. The number of amides is 1. The molecule has 1 atom stereocenters. The molecule has 1 aliphatic rings. The number of hydrogen-bond donors (Lipinski definition) is 3. The van der Waals surface area contributed by atoms with Crippen molar-refractivity contribution in [3.05, 3.63) is 106 Å². The zero-order chi connectivity index (χ0) is 29.5. The maximum Gasteiger partial charge on any atom is 0.282 e. The van der Waals surface area contributed by atoms with Gasteiger partial charge >= 0.3 is 0 Å². The second kappa shape index (κ2) is 10.5. The lowest BCUT2D eigenvalue weighted by Gasteiger charge is -2.22. The zero-order valence-corrected chi connectivity index (χ0v) is 23.2. The average Bonchev–Trinajstić information content (AvgIpc) is 3.23.